The van der Waals surface area contributed by atoms with E-state index in [1.807, 2.05) is 38.1 Å². The molecule has 212 valence electrons. The number of nitrogens with one attached hydrogen (secondary N) is 2. The van der Waals surface area contributed by atoms with Crippen molar-refractivity contribution in [2.75, 3.05) is 25.1 Å². The number of alkyl carbamates (subject to hydrolysis) is 1. The average molecular weight is 547 g/mol. The number of para-hydroxylation sites is 1. The lowest BCUT2D eigenvalue weighted by molar-refractivity contribution is -0.147. The van der Waals surface area contributed by atoms with E-state index < -0.39 is 47.6 Å². The number of rotatable bonds is 10. The van der Waals surface area contributed by atoms with Crippen LogP contribution in [0.3, 0.4) is 0 Å². The summed E-state index contributed by atoms with van der Waals surface area (Å²) in [5.74, 6) is -5.49. The number of alkyl halides is 2. The van der Waals surface area contributed by atoms with Crippen LogP contribution >= 0.6 is 0 Å². The molecule has 0 aromatic heterocycles. The maximum Gasteiger partial charge on any atom is 0.407 e. The van der Waals surface area contributed by atoms with E-state index in [-0.39, 0.29) is 31.3 Å². The zero-order valence-electron chi connectivity index (χ0n) is 22.3. The van der Waals surface area contributed by atoms with Crippen LogP contribution in [0, 0.1) is 5.41 Å². The number of methoxy groups -OCH3 is 1. The molecule has 0 aliphatic carbocycles. The van der Waals surface area contributed by atoms with Crippen molar-refractivity contribution in [2.24, 2.45) is 11.1 Å². The number of halogens is 2. The summed E-state index contributed by atoms with van der Waals surface area (Å²) in [5, 5.41) is 15.3. The van der Waals surface area contributed by atoms with E-state index in [1.54, 1.807) is 11.0 Å². The maximum atomic E-state index is 14.4. The van der Waals surface area contributed by atoms with E-state index in [0.717, 1.165) is 23.4 Å². The molecule has 1 aliphatic rings. The second kappa shape index (κ2) is 12.5. The molecular formula is C28H36F2N4O5. The summed E-state index contributed by atoms with van der Waals surface area (Å²) in [6.45, 7) is 3.43. The largest absolute Gasteiger partial charge is 0.453 e. The van der Waals surface area contributed by atoms with Crippen LogP contribution in [0.2, 0.25) is 0 Å². The van der Waals surface area contributed by atoms with Crippen LogP contribution in [0.25, 0.3) is 0 Å². The molecule has 0 saturated carbocycles. The lowest BCUT2D eigenvalue weighted by Crippen LogP contribution is -2.51. The molecule has 0 bridgehead atoms. The number of carbonyl (C=O) groups excluding carboxylic acids is 3. The van der Waals surface area contributed by atoms with Crippen molar-refractivity contribution in [1.82, 2.24) is 10.6 Å². The van der Waals surface area contributed by atoms with Gasteiger partial charge in [0.2, 0.25) is 5.91 Å². The number of carbonyl (C=O) groups is 3. The molecule has 2 aromatic rings. The van der Waals surface area contributed by atoms with Crippen LogP contribution in [-0.4, -0.2) is 61.4 Å². The Morgan fingerprint density at radius 2 is 1.77 bits per heavy atom. The topological polar surface area (TPSA) is 134 Å². The molecule has 1 aliphatic heterocycles. The molecule has 39 heavy (non-hydrogen) atoms. The Bertz CT molecular complexity index is 1160. The molecular weight excluding hydrogens is 510 g/mol. The van der Waals surface area contributed by atoms with Crippen LogP contribution in [0.15, 0.2) is 54.6 Å². The number of nitrogens with zero attached hydrogens (tertiary/aromatic N) is 1. The molecule has 2 aromatic carbocycles. The molecule has 0 radical (unpaired) electrons. The Kier molecular flexibility index (Phi) is 9.63. The molecule has 3 amide bonds. The minimum Gasteiger partial charge on any atom is -0.453 e. The fourth-order valence-electron chi connectivity index (χ4n) is 4.74. The second-order valence-corrected chi connectivity index (χ2v) is 10.6. The summed E-state index contributed by atoms with van der Waals surface area (Å²) in [7, 11) is 1.27. The molecule has 0 spiro atoms. The van der Waals surface area contributed by atoms with Crippen molar-refractivity contribution in [1.29, 1.82) is 0 Å². The fourth-order valence-corrected chi connectivity index (χ4v) is 4.74. The summed E-state index contributed by atoms with van der Waals surface area (Å²) in [5.41, 5.74) is 6.70. The first-order chi connectivity index (χ1) is 18.3. The lowest BCUT2D eigenvalue weighted by atomic mass is 9.80. The zero-order chi connectivity index (χ0) is 28.8. The minimum atomic E-state index is -3.76. The van der Waals surface area contributed by atoms with Crippen molar-refractivity contribution >= 4 is 23.6 Å². The third kappa shape index (κ3) is 7.73. The summed E-state index contributed by atoms with van der Waals surface area (Å²) >= 11 is 0. The highest BCUT2D eigenvalue weighted by Crippen LogP contribution is 2.33. The highest BCUT2D eigenvalue weighted by Gasteiger charge is 2.41. The molecule has 9 nitrogen and oxygen atoms in total. The fraction of sp³-hybridized carbons (Fsp3) is 0.464. The summed E-state index contributed by atoms with van der Waals surface area (Å²) < 4.78 is 33.5. The number of amides is 3. The summed E-state index contributed by atoms with van der Waals surface area (Å²) in [6, 6.07) is 12.9. The Balaban J connectivity index is 1.59. The molecule has 1 unspecified atom stereocenters. The number of benzene rings is 2. The van der Waals surface area contributed by atoms with E-state index in [4.69, 9.17) is 10.5 Å². The van der Waals surface area contributed by atoms with Gasteiger partial charge in [0.05, 0.1) is 19.3 Å². The van der Waals surface area contributed by atoms with E-state index in [9.17, 15) is 28.3 Å². The highest BCUT2D eigenvalue weighted by molar-refractivity contribution is 5.95. The monoisotopic (exact) mass is 546 g/mol. The van der Waals surface area contributed by atoms with Gasteiger partial charge in [0, 0.05) is 36.8 Å². The number of hydrogen-bond donors (Lipinski definition) is 4. The minimum absolute atomic E-state index is 0.0745. The number of fused-ring (bicyclic) bond motifs is 1. The number of nitrogens with two attached hydrogens (primary N) is 1. The van der Waals surface area contributed by atoms with E-state index in [1.165, 1.54) is 19.2 Å². The van der Waals surface area contributed by atoms with E-state index >= 15 is 0 Å². The zero-order valence-corrected chi connectivity index (χ0v) is 22.3. The maximum absolute atomic E-state index is 14.4. The summed E-state index contributed by atoms with van der Waals surface area (Å²) in [4.78, 5) is 38.9. The Morgan fingerprint density at radius 1 is 1.13 bits per heavy atom. The molecule has 0 saturated heterocycles. The molecule has 3 rings (SSSR count). The molecule has 5 N–H and O–H groups in total. The van der Waals surface area contributed by atoms with Crippen molar-refractivity contribution in [2.45, 2.75) is 57.2 Å². The Labute approximate surface area is 226 Å². The van der Waals surface area contributed by atoms with Crippen molar-refractivity contribution in [3.05, 3.63) is 65.7 Å². The predicted molar refractivity (Wildman–Crippen MR) is 142 cm³/mol. The molecule has 11 heteroatoms. The SMILES string of the molecule is COC(=O)NC1Cc2ccccc2N(C(=O)CC(C)(C)C[C@H](N)[C@@H](O)CNC(=O)C(F)(F)c2ccccc2)C1. The standard InChI is InChI=1S/C28H36F2N4O5/c1-27(2,14-21(31)23(35)16-32-25(37)28(29,30)19-10-5-4-6-11-19)15-24(36)34-17-20(33-26(38)39-3)13-18-9-7-8-12-22(18)34/h4-12,20-21,23,35H,13-17,31H2,1-3H3,(H,32,37)(H,33,38)/t20?,21-,23-/m0/s1. The number of hydrogen-bond acceptors (Lipinski definition) is 6. The van der Waals surface area contributed by atoms with Gasteiger partial charge in [-0.1, -0.05) is 62.4 Å². The Morgan fingerprint density at radius 3 is 2.44 bits per heavy atom. The van der Waals surface area contributed by atoms with Gasteiger partial charge in [0.1, 0.15) is 0 Å². The highest BCUT2D eigenvalue weighted by atomic mass is 19.3. The van der Waals surface area contributed by atoms with E-state index in [0.29, 0.717) is 6.42 Å². The van der Waals surface area contributed by atoms with Gasteiger partial charge in [-0.3, -0.25) is 9.59 Å². The van der Waals surface area contributed by atoms with Gasteiger partial charge < -0.3 is 31.1 Å². The molecule has 1 heterocycles. The van der Waals surface area contributed by atoms with E-state index in [2.05, 4.69) is 10.6 Å². The number of ether oxygens (including phenoxy) is 1. The van der Waals surface area contributed by atoms with Crippen molar-refractivity contribution < 1.29 is 33.0 Å². The van der Waals surface area contributed by atoms with Gasteiger partial charge in [-0.05, 0) is 29.9 Å². The second-order valence-electron chi connectivity index (χ2n) is 10.6. The first kappa shape index (κ1) is 30.0. The van der Waals surface area contributed by atoms with Crippen LogP contribution < -0.4 is 21.3 Å². The first-order valence-corrected chi connectivity index (χ1v) is 12.7. The normalized spacial score (nSPS) is 17.0. The predicted octanol–water partition coefficient (Wildman–Crippen LogP) is 2.70. The third-order valence-electron chi connectivity index (χ3n) is 6.77. The van der Waals surface area contributed by atoms with Gasteiger partial charge in [-0.2, -0.15) is 8.78 Å². The van der Waals surface area contributed by atoms with Gasteiger partial charge in [0.15, 0.2) is 0 Å². The first-order valence-electron chi connectivity index (χ1n) is 12.7. The number of aliphatic hydroxyl groups is 1. The van der Waals surface area contributed by atoms with Crippen LogP contribution in [0.5, 0.6) is 0 Å². The number of anilines is 1. The third-order valence-corrected chi connectivity index (χ3v) is 6.77. The summed E-state index contributed by atoms with van der Waals surface area (Å²) in [6.07, 6.45) is -1.08. The van der Waals surface area contributed by atoms with Crippen LogP contribution in [0.1, 0.15) is 37.8 Å². The Hall–Kier alpha value is -3.57. The lowest BCUT2D eigenvalue weighted by Gasteiger charge is -2.37. The quantitative estimate of drug-likeness (QED) is 0.362. The number of aliphatic hydroxyl groups excluding tert-OH is 1. The smallest absolute Gasteiger partial charge is 0.407 e. The van der Waals surface area contributed by atoms with Gasteiger partial charge in [-0.15, -0.1) is 0 Å². The van der Waals surface area contributed by atoms with Gasteiger partial charge in [0.25, 0.3) is 5.91 Å². The van der Waals surface area contributed by atoms with Crippen LogP contribution in [-0.2, 0) is 26.7 Å². The molecule has 3 atom stereocenters. The molecule has 0 fully saturated rings. The van der Waals surface area contributed by atoms with Crippen molar-refractivity contribution in [3.63, 3.8) is 0 Å². The van der Waals surface area contributed by atoms with Gasteiger partial charge >= 0.3 is 12.0 Å². The average Bonchev–Trinajstić information content (AvgIpc) is 2.90. The van der Waals surface area contributed by atoms with Gasteiger partial charge in [-0.25, -0.2) is 4.79 Å². The van der Waals surface area contributed by atoms with Crippen LogP contribution in [0.4, 0.5) is 19.3 Å². The van der Waals surface area contributed by atoms with Crippen molar-refractivity contribution in [3.8, 4) is 0 Å².